The maximum Gasteiger partial charge on any atom is 0.0640 e. The van der Waals surface area contributed by atoms with Crippen LogP contribution in [-0.2, 0) is 0 Å². The summed E-state index contributed by atoms with van der Waals surface area (Å²) in [6, 6.07) is 16.3. The molecule has 0 bridgehead atoms. The molecule has 0 saturated carbocycles. The van der Waals surface area contributed by atoms with Gasteiger partial charge in [-0.05, 0) is 35.9 Å². The van der Waals surface area contributed by atoms with Crippen LogP contribution in [0.1, 0.15) is 17.7 Å². The van der Waals surface area contributed by atoms with Crippen LogP contribution in [0.3, 0.4) is 0 Å². The van der Waals surface area contributed by atoms with E-state index in [1.54, 1.807) is 6.20 Å². The molecule has 2 rings (SSSR count). The van der Waals surface area contributed by atoms with Crippen LogP contribution in [0, 0.1) is 11.3 Å². The highest BCUT2D eigenvalue weighted by atomic mass is 15.1. The molecule has 0 amide bonds. The molecule has 0 unspecified atom stereocenters. The topological polar surface area (TPSA) is 39.9 Å². The fourth-order valence-electron chi connectivity index (χ4n) is 1.84. The lowest BCUT2D eigenvalue weighted by atomic mass is 10.1. The van der Waals surface area contributed by atoms with Gasteiger partial charge in [0.25, 0.3) is 0 Å². The summed E-state index contributed by atoms with van der Waals surface area (Å²) in [6.45, 7) is 0.750. The largest absolute Gasteiger partial charge is 0.374 e. The molecule has 0 aliphatic rings. The Bertz CT molecular complexity index is 594. The summed E-state index contributed by atoms with van der Waals surface area (Å²) in [7, 11) is 2.00. The molecule has 100 valence electrons. The van der Waals surface area contributed by atoms with E-state index < -0.39 is 0 Å². The van der Waals surface area contributed by atoms with Gasteiger partial charge in [-0.1, -0.05) is 24.3 Å². The molecule has 0 aliphatic carbocycles. The minimum atomic E-state index is 0.540. The van der Waals surface area contributed by atoms with E-state index in [-0.39, 0.29) is 0 Å². The molecule has 0 spiro atoms. The summed E-state index contributed by atoms with van der Waals surface area (Å²) in [5.74, 6) is 0. The molecule has 1 aromatic heterocycles. The van der Waals surface area contributed by atoms with Crippen molar-refractivity contribution in [1.82, 2.24) is 4.98 Å². The van der Waals surface area contributed by atoms with E-state index in [1.165, 1.54) is 0 Å². The van der Waals surface area contributed by atoms with Crippen molar-refractivity contribution >= 4 is 17.8 Å². The molecule has 0 fully saturated rings. The maximum absolute atomic E-state index is 8.59. The maximum atomic E-state index is 8.59. The van der Waals surface area contributed by atoms with Crippen molar-refractivity contribution in [2.45, 2.75) is 6.42 Å². The highest BCUT2D eigenvalue weighted by Gasteiger charge is 1.99. The minimum absolute atomic E-state index is 0.540. The van der Waals surface area contributed by atoms with Gasteiger partial charge in [0.05, 0.1) is 18.2 Å². The van der Waals surface area contributed by atoms with Gasteiger partial charge in [-0.2, -0.15) is 5.26 Å². The zero-order valence-electron chi connectivity index (χ0n) is 11.5. The first-order valence-corrected chi connectivity index (χ1v) is 6.57. The molecule has 0 N–H and O–H groups in total. The number of rotatable bonds is 5. The van der Waals surface area contributed by atoms with Crippen LogP contribution in [-0.4, -0.2) is 18.6 Å². The highest BCUT2D eigenvalue weighted by molar-refractivity contribution is 5.69. The number of nitrogens with zero attached hydrogens (tertiary/aromatic N) is 3. The smallest absolute Gasteiger partial charge is 0.0640 e. The van der Waals surface area contributed by atoms with E-state index in [0.717, 1.165) is 23.5 Å². The number of aromatic nitrogens is 1. The average Bonchev–Trinajstić information content (AvgIpc) is 2.52. The Morgan fingerprint density at radius 3 is 2.60 bits per heavy atom. The molecule has 20 heavy (non-hydrogen) atoms. The third-order valence-corrected chi connectivity index (χ3v) is 3.03. The molecule has 0 aliphatic heterocycles. The van der Waals surface area contributed by atoms with Gasteiger partial charge in [0.1, 0.15) is 0 Å². The first-order valence-electron chi connectivity index (χ1n) is 6.57. The first-order chi connectivity index (χ1) is 9.79. The van der Waals surface area contributed by atoms with E-state index in [4.69, 9.17) is 5.26 Å². The molecule has 0 atom stereocenters. The van der Waals surface area contributed by atoms with E-state index >= 15 is 0 Å². The molecule has 2 aromatic rings. The van der Waals surface area contributed by atoms with E-state index in [9.17, 15) is 0 Å². The Morgan fingerprint density at radius 2 is 1.95 bits per heavy atom. The zero-order chi connectivity index (χ0) is 14.2. The van der Waals surface area contributed by atoms with Crippen LogP contribution in [0.2, 0.25) is 0 Å². The fraction of sp³-hybridized carbons (Fsp3) is 0.176. The SMILES string of the molecule is CN(CCC#N)c1ccc(/C=C/c2ccccn2)cc1. The standard InChI is InChI=1S/C17H17N3/c1-20(14-4-12-18)17-10-7-15(8-11-17)6-9-16-5-2-3-13-19-16/h2-3,5-11,13H,4,14H2,1H3/b9-6+. The summed E-state index contributed by atoms with van der Waals surface area (Å²) in [4.78, 5) is 6.33. The van der Waals surface area contributed by atoms with E-state index in [2.05, 4.69) is 40.2 Å². The number of pyridine rings is 1. The molecule has 0 radical (unpaired) electrons. The highest BCUT2D eigenvalue weighted by Crippen LogP contribution is 2.15. The lowest BCUT2D eigenvalue weighted by Gasteiger charge is -2.17. The van der Waals surface area contributed by atoms with Gasteiger partial charge in [-0.3, -0.25) is 4.98 Å². The zero-order valence-corrected chi connectivity index (χ0v) is 11.5. The average molecular weight is 263 g/mol. The van der Waals surface area contributed by atoms with E-state index in [1.807, 2.05) is 37.4 Å². The summed E-state index contributed by atoms with van der Waals surface area (Å²) < 4.78 is 0. The summed E-state index contributed by atoms with van der Waals surface area (Å²) in [5, 5.41) is 8.59. The predicted octanol–water partition coefficient (Wildman–Crippen LogP) is 3.60. The summed E-state index contributed by atoms with van der Waals surface area (Å²) in [6.07, 6.45) is 6.36. The second-order valence-corrected chi connectivity index (χ2v) is 4.51. The Labute approximate surface area is 119 Å². The third-order valence-electron chi connectivity index (χ3n) is 3.03. The van der Waals surface area contributed by atoms with Crippen molar-refractivity contribution in [3.8, 4) is 6.07 Å². The van der Waals surface area contributed by atoms with Gasteiger partial charge in [0.2, 0.25) is 0 Å². The molecule has 1 heterocycles. The quantitative estimate of drug-likeness (QED) is 0.827. The van der Waals surface area contributed by atoms with Gasteiger partial charge in [0.15, 0.2) is 0 Å². The molecular weight excluding hydrogens is 246 g/mol. The molecule has 0 saturated heterocycles. The lowest BCUT2D eigenvalue weighted by Crippen LogP contribution is -2.17. The Balaban J connectivity index is 2.02. The van der Waals surface area contributed by atoms with E-state index in [0.29, 0.717) is 6.42 Å². The van der Waals surface area contributed by atoms with Crippen molar-refractivity contribution in [2.24, 2.45) is 0 Å². The predicted molar refractivity (Wildman–Crippen MR) is 83.1 cm³/mol. The molecule has 3 nitrogen and oxygen atoms in total. The molecule has 3 heteroatoms. The Morgan fingerprint density at radius 1 is 1.15 bits per heavy atom. The Hall–Kier alpha value is -2.60. The monoisotopic (exact) mass is 263 g/mol. The van der Waals surface area contributed by atoms with Crippen molar-refractivity contribution in [3.63, 3.8) is 0 Å². The Kier molecular flexibility index (Phi) is 4.91. The van der Waals surface area contributed by atoms with Gasteiger partial charge in [-0.15, -0.1) is 0 Å². The summed E-state index contributed by atoms with van der Waals surface area (Å²) in [5.41, 5.74) is 3.20. The normalized spacial score (nSPS) is 10.4. The van der Waals surface area contributed by atoms with Gasteiger partial charge < -0.3 is 4.90 Å². The van der Waals surface area contributed by atoms with Crippen molar-refractivity contribution in [2.75, 3.05) is 18.5 Å². The van der Waals surface area contributed by atoms with Crippen LogP contribution in [0.15, 0.2) is 48.7 Å². The van der Waals surface area contributed by atoms with Gasteiger partial charge >= 0.3 is 0 Å². The number of nitriles is 1. The van der Waals surface area contributed by atoms with Gasteiger partial charge in [-0.25, -0.2) is 0 Å². The van der Waals surface area contributed by atoms with Crippen LogP contribution in [0.25, 0.3) is 12.2 Å². The number of hydrogen-bond donors (Lipinski definition) is 0. The number of hydrogen-bond acceptors (Lipinski definition) is 3. The number of anilines is 1. The minimum Gasteiger partial charge on any atom is -0.374 e. The van der Waals surface area contributed by atoms with Crippen molar-refractivity contribution in [3.05, 3.63) is 59.9 Å². The fourth-order valence-corrected chi connectivity index (χ4v) is 1.84. The van der Waals surface area contributed by atoms with Gasteiger partial charge in [0, 0.05) is 25.5 Å². The summed E-state index contributed by atoms with van der Waals surface area (Å²) >= 11 is 0. The second-order valence-electron chi connectivity index (χ2n) is 4.51. The molecule has 1 aromatic carbocycles. The van der Waals surface area contributed by atoms with Crippen molar-refractivity contribution in [1.29, 1.82) is 5.26 Å². The first kappa shape index (κ1) is 13.8. The molecular formula is C17H17N3. The van der Waals surface area contributed by atoms with Crippen LogP contribution in [0.4, 0.5) is 5.69 Å². The number of benzene rings is 1. The van der Waals surface area contributed by atoms with Crippen LogP contribution in [0.5, 0.6) is 0 Å². The second kappa shape index (κ2) is 7.10. The van der Waals surface area contributed by atoms with Crippen LogP contribution >= 0.6 is 0 Å². The van der Waals surface area contributed by atoms with Crippen molar-refractivity contribution < 1.29 is 0 Å². The third kappa shape index (κ3) is 3.96. The van der Waals surface area contributed by atoms with Crippen LogP contribution < -0.4 is 4.90 Å². The lowest BCUT2D eigenvalue weighted by molar-refractivity contribution is 0.905.